The third-order valence-electron chi connectivity index (χ3n) is 2.49. The molecule has 2 N–H and O–H groups in total. The van der Waals surface area contributed by atoms with Gasteiger partial charge in [-0.1, -0.05) is 5.16 Å². The number of rotatable bonds is 6. The Kier molecular flexibility index (Phi) is 4.13. The van der Waals surface area contributed by atoms with Crippen molar-refractivity contribution in [1.29, 1.82) is 0 Å². The number of anilines is 1. The fraction of sp³-hybridized carbons (Fsp3) is 0.167. The van der Waals surface area contributed by atoms with Crippen molar-refractivity contribution < 1.29 is 27.6 Å². The van der Waals surface area contributed by atoms with Crippen LogP contribution < -0.4 is 9.46 Å². The summed E-state index contributed by atoms with van der Waals surface area (Å²) in [6.45, 7) is 1.08. The topological polar surface area (TPSA) is 119 Å². The van der Waals surface area contributed by atoms with Gasteiger partial charge in [0.1, 0.15) is 11.4 Å². The van der Waals surface area contributed by atoms with E-state index in [0.29, 0.717) is 5.76 Å². The first-order chi connectivity index (χ1) is 9.88. The molecule has 2 rings (SSSR count). The standard InChI is InChI=1S/C12H12N2O6S/c1-8-11(6-13-20-8)14-21(17,18)10-4-2-9(3-5-10)19-7-12(15)16/h2-6,14H,7H2,1H3,(H,15,16). The van der Waals surface area contributed by atoms with Crippen LogP contribution >= 0.6 is 0 Å². The number of nitrogens with one attached hydrogen (secondary N) is 1. The van der Waals surface area contributed by atoms with Crippen LogP contribution in [0, 0.1) is 6.92 Å². The minimum atomic E-state index is -3.78. The van der Waals surface area contributed by atoms with Crippen LogP contribution in [0.1, 0.15) is 5.76 Å². The van der Waals surface area contributed by atoms with Crippen molar-refractivity contribution in [2.75, 3.05) is 11.3 Å². The van der Waals surface area contributed by atoms with Gasteiger partial charge in [-0.3, -0.25) is 4.72 Å². The summed E-state index contributed by atoms with van der Waals surface area (Å²) in [5.74, 6) is -0.506. The summed E-state index contributed by atoms with van der Waals surface area (Å²) >= 11 is 0. The normalized spacial score (nSPS) is 11.1. The average Bonchev–Trinajstić information content (AvgIpc) is 2.82. The molecule has 0 amide bonds. The largest absolute Gasteiger partial charge is 0.482 e. The Morgan fingerprint density at radius 2 is 2.05 bits per heavy atom. The van der Waals surface area contributed by atoms with Gasteiger partial charge in [-0.05, 0) is 31.2 Å². The van der Waals surface area contributed by atoms with Crippen LogP contribution in [0.3, 0.4) is 0 Å². The molecular weight excluding hydrogens is 300 g/mol. The van der Waals surface area contributed by atoms with Gasteiger partial charge in [-0.2, -0.15) is 0 Å². The van der Waals surface area contributed by atoms with Crippen molar-refractivity contribution in [3.05, 3.63) is 36.2 Å². The van der Waals surface area contributed by atoms with Gasteiger partial charge >= 0.3 is 5.97 Å². The second-order valence-corrected chi connectivity index (χ2v) is 5.74. The average molecular weight is 312 g/mol. The molecule has 0 unspecified atom stereocenters. The fourth-order valence-corrected chi connectivity index (χ4v) is 2.56. The zero-order valence-electron chi connectivity index (χ0n) is 10.9. The molecule has 0 radical (unpaired) electrons. The lowest BCUT2D eigenvalue weighted by Gasteiger charge is -2.07. The van der Waals surface area contributed by atoms with Crippen LogP contribution in [0.5, 0.6) is 5.75 Å². The maximum absolute atomic E-state index is 12.1. The lowest BCUT2D eigenvalue weighted by molar-refractivity contribution is -0.139. The van der Waals surface area contributed by atoms with E-state index in [1.165, 1.54) is 30.5 Å². The lowest BCUT2D eigenvalue weighted by atomic mass is 10.3. The Labute approximate surface area is 120 Å². The summed E-state index contributed by atoms with van der Waals surface area (Å²) in [5, 5.41) is 12.0. The Morgan fingerprint density at radius 3 is 2.57 bits per heavy atom. The van der Waals surface area contributed by atoms with Gasteiger partial charge in [0.05, 0.1) is 11.1 Å². The first-order valence-corrected chi connectivity index (χ1v) is 7.25. The molecule has 0 saturated carbocycles. The second kappa shape index (κ2) is 5.83. The molecule has 0 aliphatic carbocycles. The predicted molar refractivity (Wildman–Crippen MR) is 71.6 cm³/mol. The second-order valence-electron chi connectivity index (χ2n) is 4.05. The highest BCUT2D eigenvalue weighted by atomic mass is 32.2. The van der Waals surface area contributed by atoms with Gasteiger partial charge in [0.15, 0.2) is 12.4 Å². The number of sulfonamides is 1. The number of aliphatic carboxylic acids is 1. The van der Waals surface area contributed by atoms with E-state index in [1.807, 2.05) is 0 Å². The molecule has 8 nitrogen and oxygen atoms in total. The van der Waals surface area contributed by atoms with Gasteiger partial charge < -0.3 is 14.4 Å². The van der Waals surface area contributed by atoms with Gasteiger partial charge in [0, 0.05) is 0 Å². The highest BCUT2D eigenvalue weighted by Gasteiger charge is 2.17. The Hall–Kier alpha value is -2.55. The van der Waals surface area contributed by atoms with E-state index < -0.39 is 22.6 Å². The highest BCUT2D eigenvalue weighted by molar-refractivity contribution is 7.92. The highest BCUT2D eigenvalue weighted by Crippen LogP contribution is 2.21. The first kappa shape index (κ1) is 14.9. The summed E-state index contributed by atoms with van der Waals surface area (Å²) in [7, 11) is -3.78. The number of carbonyl (C=O) groups is 1. The molecule has 0 atom stereocenters. The van der Waals surface area contributed by atoms with Crippen LogP contribution in [0.15, 0.2) is 39.9 Å². The Morgan fingerprint density at radius 1 is 1.38 bits per heavy atom. The number of hydrogen-bond donors (Lipinski definition) is 2. The summed E-state index contributed by atoms with van der Waals surface area (Å²) in [6, 6.07) is 5.36. The molecule has 9 heteroatoms. The van der Waals surface area contributed by atoms with Crippen molar-refractivity contribution in [2.45, 2.75) is 11.8 Å². The number of ether oxygens (including phenoxy) is 1. The molecule has 0 aliphatic rings. The molecule has 1 heterocycles. The third-order valence-corrected chi connectivity index (χ3v) is 3.87. The molecule has 1 aromatic heterocycles. The van der Waals surface area contributed by atoms with Crippen LogP contribution in [-0.4, -0.2) is 31.3 Å². The summed E-state index contributed by atoms with van der Waals surface area (Å²) in [5.41, 5.74) is 0.251. The molecular formula is C12H12N2O6S. The summed E-state index contributed by atoms with van der Waals surface area (Å²) in [6.07, 6.45) is 1.26. The van der Waals surface area contributed by atoms with Gasteiger partial charge in [-0.25, -0.2) is 13.2 Å². The van der Waals surface area contributed by atoms with Crippen LogP contribution in [-0.2, 0) is 14.8 Å². The monoisotopic (exact) mass is 312 g/mol. The van der Waals surface area contributed by atoms with Crippen molar-refractivity contribution in [3.63, 3.8) is 0 Å². The molecule has 1 aromatic carbocycles. The van der Waals surface area contributed by atoms with Crippen molar-refractivity contribution >= 4 is 21.7 Å². The summed E-state index contributed by atoms with van der Waals surface area (Å²) in [4.78, 5) is 10.4. The first-order valence-electron chi connectivity index (χ1n) is 5.77. The Balaban J connectivity index is 2.13. The number of carboxylic acids is 1. The number of aromatic nitrogens is 1. The quantitative estimate of drug-likeness (QED) is 0.823. The maximum Gasteiger partial charge on any atom is 0.341 e. The lowest BCUT2D eigenvalue weighted by Crippen LogP contribution is -2.13. The van der Waals surface area contributed by atoms with E-state index in [-0.39, 0.29) is 16.3 Å². The molecule has 2 aromatic rings. The summed E-state index contributed by atoms with van der Waals surface area (Å²) < 4.78 is 36.2. The van der Waals surface area contributed by atoms with Crippen LogP contribution in [0.25, 0.3) is 0 Å². The van der Waals surface area contributed by atoms with E-state index in [9.17, 15) is 13.2 Å². The van der Waals surface area contributed by atoms with Gasteiger partial charge in [0.2, 0.25) is 0 Å². The molecule has 21 heavy (non-hydrogen) atoms. The number of benzene rings is 1. The maximum atomic E-state index is 12.1. The number of hydrogen-bond acceptors (Lipinski definition) is 6. The van der Waals surface area contributed by atoms with E-state index in [2.05, 4.69) is 9.88 Å². The van der Waals surface area contributed by atoms with Crippen LogP contribution in [0.4, 0.5) is 5.69 Å². The van der Waals surface area contributed by atoms with E-state index in [4.69, 9.17) is 14.4 Å². The fourth-order valence-electron chi connectivity index (χ4n) is 1.46. The molecule has 0 bridgehead atoms. The van der Waals surface area contributed by atoms with Crippen LogP contribution in [0.2, 0.25) is 0 Å². The minimum Gasteiger partial charge on any atom is -0.482 e. The molecule has 0 saturated heterocycles. The predicted octanol–water partition coefficient (Wildman–Crippen LogP) is 1.25. The van der Waals surface area contributed by atoms with Crippen molar-refractivity contribution in [3.8, 4) is 5.75 Å². The number of carboxylic acid groups (broad SMARTS) is 1. The molecule has 112 valence electrons. The van der Waals surface area contributed by atoms with Gasteiger partial charge in [0.25, 0.3) is 10.0 Å². The SMILES string of the molecule is Cc1oncc1NS(=O)(=O)c1ccc(OCC(=O)O)cc1. The van der Waals surface area contributed by atoms with Crippen molar-refractivity contribution in [1.82, 2.24) is 5.16 Å². The smallest absolute Gasteiger partial charge is 0.341 e. The number of aryl methyl sites for hydroxylation is 1. The van der Waals surface area contributed by atoms with E-state index in [1.54, 1.807) is 6.92 Å². The zero-order valence-corrected chi connectivity index (χ0v) is 11.8. The minimum absolute atomic E-state index is 0.00535. The molecule has 0 aliphatic heterocycles. The van der Waals surface area contributed by atoms with E-state index in [0.717, 1.165) is 0 Å². The molecule has 0 fully saturated rings. The van der Waals surface area contributed by atoms with Gasteiger partial charge in [-0.15, -0.1) is 0 Å². The Bertz CT molecular complexity index is 735. The third kappa shape index (κ3) is 3.72. The zero-order chi connectivity index (χ0) is 15.5. The van der Waals surface area contributed by atoms with Crippen molar-refractivity contribution in [2.24, 2.45) is 0 Å². The molecule has 0 spiro atoms. The van der Waals surface area contributed by atoms with E-state index >= 15 is 0 Å². The number of nitrogens with zero attached hydrogens (tertiary/aromatic N) is 1.